The highest BCUT2D eigenvalue weighted by Gasteiger charge is 2.41. The molecule has 0 radical (unpaired) electrons. The Morgan fingerprint density at radius 2 is 2.14 bits per heavy atom. The van der Waals surface area contributed by atoms with Crippen molar-refractivity contribution in [3.05, 3.63) is 11.6 Å². The second-order valence-corrected chi connectivity index (χ2v) is 4.41. The summed E-state index contributed by atoms with van der Waals surface area (Å²) in [5, 5.41) is 11.7. The summed E-state index contributed by atoms with van der Waals surface area (Å²) in [7, 11) is 0. The zero-order chi connectivity index (χ0) is 10.6. The van der Waals surface area contributed by atoms with Crippen LogP contribution in [-0.2, 0) is 4.79 Å². The van der Waals surface area contributed by atoms with Gasteiger partial charge in [-0.15, -0.1) is 0 Å². The number of aliphatic hydroxyl groups is 1. The van der Waals surface area contributed by atoms with Gasteiger partial charge >= 0.3 is 0 Å². The van der Waals surface area contributed by atoms with E-state index in [0.29, 0.717) is 6.54 Å². The number of hydrogen-bond donors (Lipinski definition) is 2. The third-order valence-electron chi connectivity index (χ3n) is 2.66. The Kier molecular flexibility index (Phi) is 3.69. The zero-order valence-electron chi connectivity index (χ0n) is 8.97. The molecular weight excluding hydrogens is 178 g/mol. The van der Waals surface area contributed by atoms with Crippen molar-refractivity contribution >= 4 is 5.91 Å². The van der Waals surface area contributed by atoms with Crippen LogP contribution in [0.4, 0.5) is 0 Å². The molecule has 1 amide bonds. The lowest BCUT2D eigenvalue weighted by atomic mass is 10.0. The van der Waals surface area contributed by atoms with Crippen molar-refractivity contribution in [3.63, 3.8) is 0 Å². The quantitative estimate of drug-likeness (QED) is 0.651. The van der Waals surface area contributed by atoms with E-state index in [4.69, 9.17) is 5.11 Å². The van der Waals surface area contributed by atoms with E-state index in [-0.39, 0.29) is 17.9 Å². The van der Waals surface area contributed by atoms with E-state index in [1.165, 1.54) is 0 Å². The summed E-state index contributed by atoms with van der Waals surface area (Å²) in [6.45, 7) is 4.73. The highest BCUT2D eigenvalue weighted by molar-refractivity contribution is 5.88. The number of nitrogens with one attached hydrogen (secondary N) is 1. The minimum Gasteiger partial charge on any atom is -0.396 e. The Morgan fingerprint density at radius 1 is 1.50 bits per heavy atom. The predicted octanol–water partition coefficient (Wildman–Crippen LogP) is 1.23. The number of hydrogen-bond acceptors (Lipinski definition) is 2. The van der Waals surface area contributed by atoms with Crippen LogP contribution in [0.15, 0.2) is 11.6 Å². The van der Waals surface area contributed by atoms with Gasteiger partial charge in [-0.05, 0) is 38.5 Å². The molecule has 2 N–H and O–H groups in total. The van der Waals surface area contributed by atoms with Gasteiger partial charge in [-0.3, -0.25) is 4.79 Å². The number of carbonyl (C=O) groups is 1. The van der Waals surface area contributed by atoms with Gasteiger partial charge in [0.1, 0.15) is 0 Å². The van der Waals surface area contributed by atoms with Crippen molar-refractivity contribution < 1.29 is 9.90 Å². The van der Waals surface area contributed by atoms with Crippen LogP contribution in [0.1, 0.15) is 33.1 Å². The summed E-state index contributed by atoms with van der Waals surface area (Å²) in [4.78, 5) is 11.3. The number of amides is 1. The molecule has 0 aromatic rings. The first-order valence-corrected chi connectivity index (χ1v) is 5.12. The molecule has 0 atom stereocenters. The van der Waals surface area contributed by atoms with Crippen molar-refractivity contribution in [2.45, 2.75) is 33.1 Å². The Balaban J connectivity index is 2.27. The summed E-state index contributed by atoms with van der Waals surface area (Å²) >= 11 is 0. The molecule has 0 spiro atoms. The normalized spacial score (nSPS) is 17.4. The first-order valence-electron chi connectivity index (χ1n) is 5.12. The van der Waals surface area contributed by atoms with Crippen molar-refractivity contribution in [2.75, 3.05) is 13.2 Å². The highest BCUT2D eigenvalue weighted by Crippen LogP contribution is 2.47. The standard InChI is InChI=1S/C11H19NO2/c1-9(2)7-10(14)12-8-11(3-4-11)5-6-13/h7,13H,3-6,8H2,1-2H3,(H,12,14). The third-order valence-corrected chi connectivity index (χ3v) is 2.66. The monoisotopic (exact) mass is 197 g/mol. The molecule has 1 saturated carbocycles. The minimum atomic E-state index is -0.0192. The van der Waals surface area contributed by atoms with Gasteiger partial charge in [0.15, 0.2) is 0 Å². The van der Waals surface area contributed by atoms with Crippen molar-refractivity contribution in [1.29, 1.82) is 0 Å². The van der Waals surface area contributed by atoms with Crippen molar-refractivity contribution in [1.82, 2.24) is 5.32 Å². The number of allylic oxidation sites excluding steroid dienone is 1. The molecule has 0 aromatic carbocycles. The van der Waals surface area contributed by atoms with Gasteiger partial charge in [-0.2, -0.15) is 0 Å². The van der Waals surface area contributed by atoms with E-state index in [0.717, 1.165) is 24.8 Å². The lowest BCUT2D eigenvalue weighted by molar-refractivity contribution is -0.116. The largest absolute Gasteiger partial charge is 0.396 e. The summed E-state index contributed by atoms with van der Waals surface area (Å²) in [5.74, 6) is -0.0192. The first kappa shape index (κ1) is 11.2. The van der Waals surface area contributed by atoms with Crippen LogP contribution in [0.2, 0.25) is 0 Å². The van der Waals surface area contributed by atoms with E-state index in [1.54, 1.807) is 6.08 Å². The van der Waals surface area contributed by atoms with Crippen LogP contribution >= 0.6 is 0 Å². The van der Waals surface area contributed by atoms with Crippen LogP contribution < -0.4 is 5.32 Å². The number of carbonyl (C=O) groups excluding carboxylic acids is 1. The molecule has 0 aliphatic heterocycles. The SMILES string of the molecule is CC(C)=CC(=O)NCC1(CCO)CC1. The summed E-state index contributed by atoms with van der Waals surface area (Å²) in [6.07, 6.45) is 4.67. The minimum absolute atomic E-state index is 0.0192. The van der Waals surface area contributed by atoms with Crippen LogP contribution in [0, 0.1) is 5.41 Å². The fraction of sp³-hybridized carbons (Fsp3) is 0.727. The predicted molar refractivity (Wildman–Crippen MR) is 55.8 cm³/mol. The average Bonchev–Trinajstić information content (AvgIpc) is 2.82. The van der Waals surface area contributed by atoms with Gasteiger partial charge in [0.25, 0.3) is 0 Å². The topological polar surface area (TPSA) is 49.3 Å². The molecule has 0 saturated heterocycles. The van der Waals surface area contributed by atoms with E-state index >= 15 is 0 Å². The smallest absolute Gasteiger partial charge is 0.243 e. The van der Waals surface area contributed by atoms with Crippen molar-refractivity contribution in [3.8, 4) is 0 Å². The van der Waals surface area contributed by atoms with Crippen LogP contribution in [0.5, 0.6) is 0 Å². The van der Waals surface area contributed by atoms with Gasteiger partial charge in [0.2, 0.25) is 5.91 Å². The fourth-order valence-electron chi connectivity index (χ4n) is 1.52. The zero-order valence-corrected chi connectivity index (χ0v) is 8.97. The molecule has 3 heteroatoms. The maximum atomic E-state index is 11.3. The molecule has 3 nitrogen and oxygen atoms in total. The van der Waals surface area contributed by atoms with E-state index in [2.05, 4.69) is 5.32 Å². The Labute approximate surface area is 85.2 Å². The molecule has 0 heterocycles. The summed E-state index contributed by atoms with van der Waals surface area (Å²) in [6, 6.07) is 0. The lowest BCUT2D eigenvalue weighted by Crippen LogP contribution is -2.29. The van der Waals surface area contributed by atoms with Gasteiger partial charge in [0.05, 0.1) is 0 Å². The molecule has 0 unspecified atom stereocenters. The molecule has 0 bridgehead atoms. The second-order valence-electron chi connectivity index (χ2n) is 4.41. The molecule has 0 aromatic heterocycles. The van der Waals surface area contributed by atoms with E-state index in [9.17, 15) is 4.79 Å². The second kappa shape index (κ2) is 4.60. The van der Waals surface area contributed by atoms with Gasteiger partial charge in [-0.1, -0.05) is 5.57 Å². The van der Waals surface area contributed by atoms with Crippen LogP contribution in [-0.4, -0.2) is 24.2 Å². The molecule has 1 fully saturated rings. The maximum Gasteiger partial charge on any atom is 0.243 e. The van der Waals surface area contributed by atoms with E-state index in [1.807, 2.05) is 13.8 Å². The average molecular weight is 197 g/mol. The summed E-state index contributed by atoms with van der Waals surface area (Å²) in [5.41, 5.74) is 1.22. The highest BCUT2D eigenvalue weighted by atomic mass is 16.3. The fourth-order valence-corrected chi connectivity index (χ4v) is 1.52. The number of aliphatic hydroxyl groups excluding tert-OH is 1. The molecule has 1 aliphatic rings. The van der Waals surface area contributed by atoms with E-state index < -0.39 is 0 Å². The molecular formula is C11H19NO2. The molecule has 1 rings (SSSR count). The van der Waals surface area contributed by atoms with Crippen molar-refractivity contribution in [2.24, 2.45) is 5.41 Å². The van der Waals surface area contributed by atoms with Crippen LogP contribution in [0.3, 0.4) is 0 Å². The molecule has 14 heavy (non-hydrogen) atoms. The first-order chi connectivity index (χ1) is 6.58. The van der Waals surface area contributed by atoms with Gasteiger partial charge < -0.3 is 10.4 Å². The molecule has 1 aliphatic carbocycles. The third kappa shape index (κ3) is 3.50. The Hall–Kier alpha value is -0.830. The number of rotatable bonds is 5. The van der Waals surface area contributed by atoms with Gasteiger partial charge in [-0.25, -0.2) is 0 Å². The van der Waals surface area contributed by atoms with Crippen LogP contribution in [0.25, 0.3) is 0 Å². The molecule has 80 valence electrons. The van der Waals surface area contributed by atoms with Gasteiger partial charge in [0, 0.05) is 19.2 Å². The summed E-state index contributed by atoms with van der Waals surface area (Å²) < 4.78 is 0. The Bertz CT molecular complexity index is 238. The maximum absolute atomic E-state index is 11.3. The Morgan fingerprint density at radius 3 is 2.57 bits per heavy atom. The lowest BCUT2D eigenvalue weighted by Gasteiger charge is -2.13.